The highest BCUT2D eigenvalue weighted by Gasteiger charge is 2.33. The first-order chi connectivity index (χ1) is 13.6. The number of ether oxygens (including phenoxy) is 1. The topological polar surface area (TPSA) is 70.7 Å². The van der Waals surface area contributed by atoms with Crippen LogP contribution in [0.1, 0.15) is 84.5 Å². The van der Waals surface area contributed by atoms with Crippen LogP contribution in [-0.2, 0) is 14.3 Å². The molecule has 28 heavy (non-hydrogen) atoms. The lowest BCUT2D eigenvalue weighted by atomic mass is 10.1. The van der Waals surface area contributed by atoms with Gasteiger partial charge in [0.25, 0.3) is 0 Å². The monoisotopic (exact) mass is 413 g/mol. The van der Waals surface area contributed by atoms with Crippen molar-refractivity contribution in [2.75, 3.05) is 26.2 Å². The maximum absolute atomic E-state index is 12.2. The highest BCUT2D eigenvalue weighted by Crippen LogP contribution is 2.12. The average Bonchev–Trinajstić information content (AvgIpc) is 2.68. The number of carbonyl (C=O) groups excluding carboxylic acids is 2. The Morgan fingerprint density at radius 1 is 1.11 bits per heavy atom. The van der Waals surface area contributed by atoms with Crippen molar-refractivity contribution in [1.82, 2.24) is 15.5 Å². The molecule has 1 heterocycles. The lowest BCUT2D eigenvalue weighted by molar-refractivity contribution is -0.147. The van der Waals surface area contributed by atoms with Crippen molar-refractivity contribution < 1.29 is 14.3 Å². The largest absolute Gasteiger partial charge is 0.466 e. The van der Waals surface area contributed by atoms with Gasteiger partial charge < -0.3 is 20.3 Å². The summed E-state index contributed by atoms with van der Waals surface area (Å²) in [5, 5.41) is 6.37. The summed E-state index contributed by atoms with van der Waals surface area (Å²) in [6.07, 6.45) is 12.5. The van der Waals surface area contributed by atoms with Gasteiger partial charge in [-0.05, 0) is 25.6 Å². The van der Waals surface area contributed by atoms with Crippen LogP contribution < -0.4 is 10.6 Å². The molecule has 2 N–H and O–H groups in total. The molecule has 1 rings (SSSR count). The van der Waals surface area contributed by atoms with E-state index in [4.69, 9.17) is 17.0 Å². The Morgan fingerprint density at radius 3 is 2.32 bits per heavy atom. The first kappa shape index (κ1) is 24.7. The number of nitrogens with one attached hydrogen (secondary N) is 2. The van der Waals surface area contributed by atoms with Gasteiger partial charge in [-0.1, -0.05) is 64.7 Å². The van der Waals surface area contributed by atoms with Crippen molar-refractivity contribution in [3.8, 4) is 0 Å². The Bertz CT molecular complexity index is 474. The summed E-state index contributed by atoms with van der Waals surface area (Å²) < 4.78 is 5.34. The van der Waals surface area contributed by atoms with E-state index in [1.165, 1.54) is 51.4 Å². The van der Waals surface area contributed by atoms with Gasteiger partial charge in [-0.3, -0.25) is 9.59 Å². The number of hydrogen-bond acceptors (Lipinski definition) is 4. The van der Waals surface area contributed by atoms with E-state index in [-0.39, 0.29) is 18.3 Å². The second kappa shape index (κ2) is 15.5. The molecule has 1 fully saturated rings. The van der Waals surface area contributed by atoms with Crippen molar-refractivity contribution in [3.05, 3.63) is 0 Å². The molecular weight excluding hydrogens is 374 g/mol. The van der Waals surface area contributed by atoms with E-state index in [9.17, 15) is 9.59 Å². The number of rotatable bonds is 14. The number of hydrogen-bond donors (Lipinski definition) is 2. The summed E-state index contributed by atoms with van der Waals surface area (Å²) in [6.45, 7) is 6.45. The number of unbranched alkanes of at least 4 members (excludes halogenated alkanes) is 9. The van der Waals surface area contributed by atoms with E-state index in [1.807, 2.05) is 6.92 Å². The number of nitrogens with zero attached hydrogens (tertiary/aromatic N) is 1. The first-order valence-corrected chi connectivity index (χ1v) is 11.5. The molecule has 0 aromatic rings. The Balaban J connectivity index is 2.14. The summed E-state index contributed by atoms with van der Waals surface area (Å²) in [4.78, 5) is 26.1. The Hall–Kier alpha value is -1.37. The molecule has 1 aliphatic rings. The molecule has 1 aliphatic heterocycles. The molecule has 0 aromatic carbocycles. The van der Waals surface area contributed by atoms with Crippen molar-refractivity contribution in [3.63, 3.8) is 0 Å². The van der Waals surface area contributed by atoms with E-state index in [0.717, 1.165) is 12.8 Å². The summed E-state index contributed by atoms with van der Waals surface area (Å²) >= 11 is 5.32. The maximum Gasteiger partial charge on any atom is 0.308 e. The number of amides is 1. The van der Waals surface area contributed by atoms with Crippen molar-refractivity contribution in [2.24, 2.45) is 0 Å². The molecule has 1 atom stereocenters. The van der Waals surface area contributed by atoms with Crippen LogP contribution in [0.4, 0.5) is 0 Å². The third kappa shape index (κ3) is 10.2. The number of thiocarbonyl (C=S) groups is 1. The van der Waals surface area contributed by atoms with Gasteiger partial charge in [-0.2, -0.15) is 0 Å². The highest BCUT2D eigenvalue weighted by molar-refractivity contribution is 7.80. The standard InChI is InChI=1S/C21H39N3O3S/c1-3-5-6-7-8-9-10-11-12-13-16-27-19(25)17-18-20(26)23-14-15-24(18)21(28)22-4-2/h18H,3-17H2,1-2H3,(H,22,28)(H,23,26). The van der Waals surface area contributed by atoms with Gasteiger partial charge in [0.05, 0.1) is 13.0 Å². The smallest absolute Gasteiger partial charge is 0.308 e. The van der Waals surface area contributed by atoms with E-state index >= 15 is 0 Å². The second-order valence-corrected chi connectivity index (χ2v) is 7.83. The quantitative estimate of drug-likeness (QED) is 0.258. The zero-order valence-electron chi connectivity index (χ0n) is 17.8. The molecule has 1 amide bonds. The summed E-state index contributed by atoms with van der Waals surface area (Å²) in [5.74, 6) is -0.496. The lowest BCUT2D eigenvalue weighted by Gasteiger charge is -2.36. The molecule has 1 unspecified atom stereocenters. The van der Waals surface area contributed by atoms with Gasteiger partial charge in [0.1, 0.15) is 6.04 Å². The molecule has 6 nitrogen and oxygen atoms in total. The summed E-state index contributed by atoms with van der Waals surface area (Å²) in [7, 11) is 0. The molecule has 0 aliphatic carbocycles. The minimum absolute atomic E-state index is 0.0368. The Kier molecular flexibility index (Phi) is 13.7. The first-order valence-electron chi connectivity index (χ1n) is 11.1. The van der Waals surface area contributed by atoms with Crippen LogP contribution in [0.2, 0.25) is 0 Å². The fourth-order valence-corrected chi connectivity index (χ4v) is 3.77. The number of esters is 1. The average molecular weight is 414 g/mol. The van der Waals surface area contributed by atoms with Gasteiger partial charge in [0, 0.05) is 19.6 Å². The summed E-state index contributed by atoms with van der Waals surface area (Å²) in [5.41, 5.74) is 0. The van der Waals surface area contributed by atoms with Crippen molar-refractivity contribution in [2.45, 2.75) is 90.5 Å². The van der Waals surface area contributed by atoms with Crippen molar-refractivity contribution >= 4 is 29.2 Å². The van der Waals surface area contributed by atoms with Gasteiger partial charge in [-0.25, -0.2) is 0 Å². The number of carbonyl (C=O) groups is 2. The molecule has 7 heteroatoms. The highest BCUT2D eigenvalue weighted by atomic mass is 32.1. The minimum Gasteiger partial charge on any atom is -0.466 e. The maximum atomic E-state index is 12.2. The molecular formula is C21H39N3O3S. The minimum atomic E-state index is -0.583. The second-order valence-electron chi connectivity index (χ2n) is 7.44. The van der Waals surface area contributed by atoms with Gasteiger partial charge in [-0.15, -0.1) is 0 Å². The van der Waals surface area contributed by atoms with E-state index < -0.39 is 6.04 Å². The van der Waals surface area contributed by atoms with E-state index in [2.05, 4.69) is 17.6 Å². The van der Waals surface area contributed by atoms with Gasteiger partial charge in [0.2, 0.25) is 5.91 Å². The zero-order chi connectivity index (χ0) is 20.6. The SMILES string of the molecule is CCCCCCCCCCCCOC(=O)CC1C(=O)NCCN1C(=S)NCC. The van der Waals surface area contributed by atoms with Gasteiger partial charge >= 0.3 is 5.97 Å². The Labute approximate surface area is 176 Å². The number of piperazine rings is 1. The fourth-order valence-electron chi connectivity index (χ4n) is 3.41. The van der Waals surface area contributed by atoms with E-state index in [1.54, 1.807) is 4.90 Å². The van der Waals surface area contributed by atoms with Crippen molar-refractivity contribution in [1.29, 1.82) is 0 Å². The molecule has 1 saturated heterocycles. The van der Waals surface area contributed by atoms with Crippen LogP contribution in [0, 0.1) is 0 Å². The molecule has 162 valence electrons. The zero-order valence-corrected chi connectivity index (χ0v) is 18.6. The van der Waals surface area contributed by atoms with Crippen LogP contribution in [-0.4, -0.2) is 54.2 Å². The molecule has 0 aromatic heterocycles. The molecule has 0 bridgehead atoms. The van der Waals surface area contributed by atoms with Crippen LogP contribution >= 0.6 is 12.2 Å². The fraction of sp³-hybridized carbons (Fsp3) is 0.857. The molecule has 0 radical (unpaired) electrons. The third-order valence-corrected chi connectivity index (χ3v) is 5.42. The third-order valence-electron chi connectivity index (χ3n) is 5.04. The van der Waals surface area contributed by atoms with Crippen LogP contribution in [0.25, 0.3) is 0 Å². The van der Waals surface area contributed by atoms with Gasteiger partial charge in [0.15, 0.2) is 5.11 Å². The summed E-state index contributed by atoms with van der Waals surface area (Å²) in [6, 6.07) is -0.583. The van der Waals surface area contributed by atoms with Crippen LogP contribution in [0.3, 0.4) is 0 Å². The van der Waals surface area contributed by atoms with E-state index in [0.29, 0.717) is 31.4 Å². The normalized spacial score (nSPS) is 16.6. The predicted molar refractivity (Wildman–Crippen MR) is 117 cm³/mol. The van der Waals surface area contributed by atoms with Crippen LogP contribution in [0.15, 0.2) is 0 Å². The molecule has 0 saturated carbocycles. The Morgan fingerprint density at radius 2 is 1.71 bits per heavy atom. The predicted octanol–water partition coefficient (Wildman–Crippen LogP) is 3.54. The van der Waals surface area contributed by atoms with Crippen LogP contribution in [0.5, 0.6) is 0 Å². The lowest BCUT2D eigenvalue weighted by Crippen LogP contribution is -2.59. The molecule has 0 spiro atoms.